The van der Waals surface area contributed by atoms with Crippen molar-refractivity contribution < 1.29 is 26.5 Å². The van der Waals surface area contributed by atoms with Gasteiger partial charge in [-0.05, 0) is 29.6 Å². The van der Waals surface area contributed by atoms with E-state index in [9.17, 15) is 0 Å². The molecule has 10 heavy (non-hydrogen) atoms. The fourth-order valence-corrected chi connectivity index (χ4v) is 0.852. The third-order valence-corrected chi connectivity index (χ3v) is 1.59. The van der Waals surface area contributed by atoms with Crippen molar-refractivity contribution in [1.82, 2.24) is 0 Å². The number of phenols is 1. The largest absolute Gasteiger partial charge is 0.508 e. The molecular formula is C6H7NiO2P. The van der Waals surface area contributed by atoms with Crippen LogP contribution in [0.3, 0.4) is 0 Å². The Bertz CT molecular complexity index is 187. The van der Waals surface area contributed by atoms with Crippen LogP contribution in [0.2, 0.25) is 0 Å². The van der Waals surface area contributed by atoms with Gasteiger partial charge in [-0.15, -0.1) is 0 Å². The minimum atomic E-state index is -0.185. The smallest absolute Gasteiger partial charge is 0.115 e. The molecule has 2 N–H and O–H groups in total. The molecule has 0 spiro atoms. The molecule has 0 aliphatic carbocycles. The number of aromatic hydroxyl groups is 1. The number of phenolic OH excluding ortho intramolecular Hbond substituents is 1. The second-order valence-corrected chi connectivity index (χ2v) is 2.46. The third kappa shape index (κ3) is 2.66. The molecule has 0 aliphatic heterocycles. The molecule has 0 amide bonds. The molecule has 2 nitrogen and oxygen atoms in total. The van der Waals surface area contributed by atoms with Gasteiger partial charge in [-0.2, -0.15) is 0 Å². The first-order valence-electron chi connectivity index (χ1n) is 2.52. The fourth-order valence-electron chi connectivity index (χ4n) is 0.536. The summed E-state index contributed by atoms with van der Waals surface area (Å²) in [5.41, 5.74) is 0. The van der Waals surface area contributed by atoms with Crippen molar-refractivity contribution in [1.29, 1.82) is 0 Å². The van der Waals surface area contributed by atoms with Crippen LogP contribution < -0.4 is 5.30 Å². The summed E-state index contributed by atoms with van der Waals surface area (Å²) in [4.78, 5) is 8.57. The van der Waals surface area contributed by atoms with E-state index >= 15 is 0 Å². The molecule has 0 saturated heterocycles. The number of benzene rings is 1. The maximum atomic E-state index is 8.77. The zero-order chi connectivity index (χ0) is 6.69. The number of rotatable bonds is 1. The summed E-state index contributed by atoms with van der Waals surface area (Å²) in [6.07, 6.45) is 0. The zero-order valence-electron chi connectivity index (χ0n) is 5.02. The minimum absolute atomic E-state index is 0. The molecular weight excluding hydrogens is 194 g/mol. The van der Waals surface area contributed by atoms with E-state index in [1.807, 2.05) is 0 Å². The molecule has 1 aromatic carbocycles. The molecule has 0 bridgehead atoms. The van der Waals surface area contributed by atoms with Gasteiger partial charge in [0.05, 0.1) is 0 Å². The quantitative estimate of drug-likeness (QED) is 0.515. The van der Waals surface area contributed by atoms with Crippen LogP contribution in [0.5, 0.6) is 5.75 Å². The molecule has 1 rings (SSSR count). The maximum Gasteiger partial charge on any atom is 0.115 e. The van der Waals surface area contributed by atoms with Crippen molar-refractivity contribution in [2.75, 3.05) is 0 Å². The van der Waals surface area contributed by atoms with Crippen molar-refractivity contribution in [2.45, 2.75) is 0 Å². The predicted octanol–water partition coefficient (Wildman–Crippen LogP) is 0.601. The van der Waals surface area contributed by atoms with E-state index < -0.39 is 0 Å². The van der Waals surface area contributed by atoms with Crippen molar-refractivity contribution in [2.24, 2.45) is 0 Å². The average Bonchev–Trinajstić information content (AvgIpc) is 1.90. The van der Waals surface area contributed by atoms with Crippen LogP contribution in [0.15, 0.2) is 24.3 Å². The van der Waals surface area contributed by atoms with Crippen LogP contribution in [0.1, 0.15) is 0 Å². The van der Waals surface area contributed by atoms with E-state index in [-0.39, 0.29) is 31.0 Å². The number of hydrogen-bond acceptors (Lipinski definition) is 2. The van der Waals surface area contributed by atoms with Crippen LogP contribution >= 0.6 is 8.81 Å². The molecule has 0 aliphatic rings. The van der Waals surface area contributed by atoms with E-state index in [1.54, 1.807) is 24.3 Å². The molecule has 0 heterocycles. The second-order valence-electron chi connectivity index (χ2n) is 1.66. The third-order valence-electron chi connectivity index (χ3n) is 0.996. The van der Waals surface area contributed by atoms with Crippen molar-refractivity contribution >= 4 is 14.1 Å². The molecule has 58 valence electrons. The van der Waals surface area contributed by atoms with E-state index in [0.717, 1.165) is 5.30 Å². The Kier molecular flexibility index (Phi) is 4.63. The van der Waals surface area contributed by atoms with Crippen LogP contribution in [-0.4, -0.2) is 10.00 Å². The van der Waals surface area contributed by atoms with E-state index in [2.05, 4.69) is 0 Å². The summed E-state index contributed by atoms with van der Waals surface area (Å²) in [7, 11) is -0.185. The maximum absolute atomic E-state index is 8.77. The first-order valence-corrected chi connectivity index (χ1v) is 3.47. The molecule has 0 fully saturated rings. The minimum Gasteiger partial charge on any atom is -0.508 e. The molecule has 0 aromatic heterocycles. The molecule has 1 unspecified atom stereocenters. The Morgan fingerprint density at radius 1 is 1.10 bits per heavy atom. The molecule has 4 heteroatoms. The summed E-state index contributed by atoms with van der Waals surface area (Å²) >= 11 is 0. The molecule has 1 atom stereocenters. The normalized spacial score (nSPS) is 9.70. The van der Waals surface area contributed by atoms with Gasteiger partial charge in [0, 0.05) is 25.3 Å². The first-order chi connectivity index (χ1) is 4.33. The summed E-state index contributed by atoms with van der Waals surface area (Å²) in [5, 5.41) is 9.61. The first kappa shape index (κ1) is 9.90. The second kappa shape index (κ2) is 4.68. The SMILES string of the molecule is OPc1ccc(O)cc1.[Ni]. The van der Waals surface area contributed by atoms with Gasteiger partial charge in [-0.25, -0.2) is 0 Å². The van der Waals surface area contributed by atoms with Gasteiger partial charge in [-0.1, -0.05) is 0 Å². The molecule has 0 saturated carbocycles. The van der Waals surface area contributed by atoms with Gasteiger partial charge in [0.2, 0.25) is 0 Å². The Balaban J connectivity index is 0.000000810. The van der Waals surface area contributed by atoms with Crippen molar-refractivity contribution in [3.63, 3.8) is 0 Å². The van der Waals surface area contributed by atoms with Crippen molar-refractivity contribution in [3.8, 4) is 5.75 Å². The summed E-state index contributed by atoms with van der Waals surface area (Å²) in [6, 6.07) is 6.48. The van der Waals surface area contributed by atoms with Gasteiger partial charge >= 0.3 is 0 Å². The van der Waals surface area contributed by atoms with E-state index in [1.165, 1.54) is 0 Å². The Hall–Kier alpha value is -0.0965. The van der Waals surface area contributed by atoms with Crippen LogP contribution in [0.25, 0.3) is 0 Å². The summed E-state index contributed by atoms with van der Waals surface area (Å²) in [5.74, 6) is 0.233. The van der Waals surface area contributed by atoms with E-state index in [0.29, 0.717) is 0 Å². The van der Waals surface area contributed by atoms with E-state index in [4.69, 9.17) is 10.00 Å². The van der Waals surface area contributed by atoms with Gasteiger partial charge < -0.3 is 10.00 Å². The summed E-state index contributed by atoms with van der Waals surface area (Å²) < 4.78 is 0. The average molecular weight is 201 g/mol. The predicted molar refractivity (Wildman–Crippen MR) is 38.3 cm³/mol. The van der Waals surface area contributed by atoms with Crippen LogP contribution in [0.4, 0.5) is 0 Å². The zero-order valence-corrected chi connectivity index (χ0v) is 7.01. The molecule has 0 radical (unpaired) electrons. The van der Waals surface area contributed by atoms with Gasteiger partial charge in [0.25, 0.3) is 0 Å². The standard InChI is InChI=1S/C6H7O2P.Ni/c7-5-1-3-6(9-8)4-2-5;/h1-4,7-9H;. The fraction of sp³-hybridized carbons (Fsp3) is 0. The van der Waals surface area contributed by atoms with Gasteiger partial charge in [-0.3, -0.25) is 0 Å². The van der Waals surface area contributed by atoms with Crippen LogP contribution in [-0.2, 0) is 16.5 Å². The number of hydrogen-bond donors (Lipinski definition) is 2. The topological polar surface area (TPSA) is 40.5 Å². The van der Waals surface area contributed by atoms with Gasteiger partial charge in [0.1, 0.15) is 5.75 Å². The monoisotopic (exact) mass is 200 g/mol. The van der Waals surface area contributed by atoms with Crippen LogP contribution in [0, 0.1) is 0 Å². The van der Waals surface area contributed by atoms with Gasteiger partial charge in [0.15, 0.2) is 0 Å². The Morgan fingerprint density at radius 2 is 1.60 bits per heavy atom. The summed E-state index contributed by atoms with van der Waals surface area (Å²) in [6.45, 7) is 0. The molecule has 1 aromatic rings. The Labute approximate surface area is 71.1 Å². The van der Waals surface area contributed by atoms with Crippen molar-refractivity contribution in [3.05, 3.63) is 24.3 Å². The Morgan fingerprint density at radius 3 is 2.00 bits per heavy atom.